The molecule has 5 rings (SSSR count). The summed E-state index contributed by atoms with van der Waals surface area (Å²) in [6, 6.07) is 19.7. The average molecular weight is 524 g/mol. The van der Waals surface area contributed by atoms with Gasteiger partial charge in [0.05, 0.1) is 28.9 Å². The molecular weight excluding hydrogens is 490 g/mol. The summed E-state index contributed by atoms with van der Waals surface area (Å²) in [5.41, 5.74) is 4.86. The van der Waals surface area contributed by atoms with E-state index < -0.39 is 0 Å². The lowest BCUT2D eigenvalue weighted by atomic mass is 9.72. The molecule has 0 spiro atoms. The lowest BCUT2D eigenvalue weighted by molar-refractivity contribution is 0.102. The molecule has 2 aromatic heterocycles. The van der Waals surface area contributed by atoms with Gasteiger partial charge < -0.3 is 10.1 Å². The third kappa shape index (κ3) is 5.16. The van der Waals surface area contributed by atoms with E-state index in [1.54, 1.807) is 11.3 Å². The van der Waals surface area contributed by atoms with Gasteiger partial charge in [-0.2, -0.15) is 5.26 Å². The number of fused-ring (bicyclic) bond motifs is 2. The zero-order valence-corrected chi connectivity index (χ0v) is 23.2. The van der Waals surface area contributed by atoms with Crippen LogP contribution in [0.4, 0.5) is 5.00 Å². The number of hydrogen-bond donors (Lipinski definition) is 1. The number of amides is 1. The molecule has 1 amide bonds. The van der Waals surface area contributed by atoms with E-state index in [4.69, 9.17) is 9.72 Å². The fraction of sp³-hybridized carbons (Fsp3) is 0.344. The fourth-order valence-electron chi connectivity index (χ4n) is 5.15. The lowest BCUT2D eigenvalue weighted by Gasteiger charge is -2.33. The molecule has 0 fully saturated rings. The van der Waals surface area contributed by atoms with Crippen LogP contribution in [0.1, 0.15) is 66.9 Å². The van der Waals surface area contributed by atoms with Crippen LogP contribution >= 0.6 is 11.3 Å². The number of rotatable bonds is 6. The summed E-state index contributed by atoms with van der Waals surface area (Å²) < 4.78 is 5.72. The molecule has 1 atom stereocenters. The van der Waals surface area contributed by atoms with E-state index in [2.05, 4.69) is 39.1 Å². The molecule has 0 radical (unpaired) electrons. The molecule has 2 aromatic carbocycles. The third-order valence-corrected chi connectivity index (χ3v) is 8.58. The largest absolute Gasteiger partial charge is 0.494 e. The van der Waals surface area contributed by atoms with Crippen molar-refractivity contribution in [1.82, 2.24) is 4.98 Å². The van der Waals surface area contributed by atoms with Crippen LogP contribution in [-0.4, -0.2) is 17.5 Å². The second-order valence-electron chi connectivity index (χ2n) is 11.0. The van der Waals surface area contributed by atoms with Crippen LogP contribution in [0.15, 0.2) is 54.6 Å². The number of anilines is 1. The van der Waals surface area contributed by atoms with Gasteiger partial charge in [0.15, 0.2) is 0 Å². The Morgan fingerprint density at radius 1 is 1.18 bits per heavy atom. The summed E-state index contributed by atoms with van der Waals surface area (Å²) in [6.45, 7) is 9.59. The van der Waals surface area contributed by atoms with E-state index in [-0.39, 0.29) is 11.3 Å². The van der Waals surface area contributed by atoms with Crippen LogP contribution in [0.3, 0.4) is 0 Å². The molecule has 1 N–H and O–H groups in total. The molecule has 0 saturated carbocycles. The van der Waals surface area contributed by atoms with Crippen LogP contribution in [-0.2, 0) is 12.8 Å². The highest BCUT2D eigenvalue weighted by molar-refractivity contribution is 7.16. The summed E-state index contributed by atoms with van der Waals surface area (Å²) in [7, 11) is 0. The molecule has 0 bridgehead atoms. The normalized spacial score (nSPS) is 15.1. The number of aromatic nitrogens is 1. The number of carbonyl (C=O) groups is 1. The van der Waals surface area contributed by atoms with Crippen LogP contribution in [0.25, 0.3) is 22.2 Å². The highest BCUT2D eigenvalue weighted by atomic mass is 32.1. The molecule has 0 aliphatic heterocycles. The first-order valence-corrected chi connectivity index (χ1v) is 14.1. The Labute approximate surface area is 228 Å². The highest BCUT2D eigenvalue weighted by Gasteiger charge is 2.32. The summed E-state index contributed by atoms with van der Waals surface area (Å²) in [5, 5.41) is 14.5. The zero-order valence-electron chi connectivity index (χ0n) is 22.4. The van der Waals surface area contributed by atoms with Gasteiger partial charge in [0.25, 0.3) is 5.91 Å². The summed E-state index contributed by atoms with van der Waals surface area (Å²) in [4.78, 5) is 19.8. The van der Waals surface area contributed by atoms with Gasteiger partial charge >= 0.3 is 0 Å². The first kappa shape index (κ1) is 25.9. The number of para-hydroxylation sites is 1. The number of carbonyl (C=O) groups excluding carboxylic acids is 1. The molecule has 194 valence electrons. The van der Waals surface area contributed by atoms with Crippen LogP contribution in [0, 0.1) is 22.7 Å². The van der Waals surface area contributed by atoms with Gasteiger partial charge in [-0.15, -0.1) is 11.3 Å². The molecular formula is C32H33N3O2S. The van der Waals surface area contributed by atoms with Crippen molar-refractivity contribution < 1.29 is 9.53 Å². The maximum Gasteiger partial charge on any atom is 0.257 e. The van der Waals surface area contributed by atoms with Crippen molar-refractivity contribution in [3.8, 4) is 23.1 Å². The van der Waals surface area contributed by atoms with E-state index >= 15 is 0 Å². The van der Waals surface area contributed by atoms with Crippen molar-refractivity contribution in [3.63, 3.8) is 0 Å². The van der Waals surface area contributed by atoms with Crippen molar-refractivity contribution in [2.45, 2.75) is 53.4 Å². The predicted octanol–water partition coefficient (Wildman–Crippen LogP) is 8.03. The number of nitrogens with one attached hydrogen (secondary N) is 1. The van der Waals surface area contributed by atoms with Crippen LogP contribution in [0.2, 0.25) is 0 Å². The minimum absolute atomic E-state index is 0.213. The Morgan fingerprint density at radius 3 is 2.66 bits per heavy atom. The molecule has 2 heterocycles. The number of nitrogens with zero attached hydrogens (tertiary/aromatic N) is 2. The number of ether oxygens (including phenoxy) is 1. The molecule has 5 nitrogen and oxygen atoms in total. The molecule has 38 heavy (non-hydrogen) atoms. The van der Waals surface area contributed by atoms with Crippen molar-refractivity contribution in [1.29, 1.82) is 5.26 Å². The summed E-state index contributed by atoms with van der Waals surface area (Å²) >= 11 is 1.56. The SMILES string of the molecule is CCCOc1ccc(-c2cc(C(=O)Nc3sc4c(c3C#N)CC[C@H](C(C)(C)C)C4)c3ccccc3n2)cc1. The van der Waals surface area contributed by atoms with Crippen molar-refractivity contribution in [2.75, 3.05) is 11.9 Å². The molecule has 6 heteroatoms. The maximum atomic E-state index is 13.7. The van der Waals surface area contributed by atoms with Gasteiger partial charge in [-0.25, -0.2) is 4.98 Å². The van der Waals surface area contributed by atoms with E-state index in [1.807, 2.05) is 54.6 Å². The summed E-state index contributed by atoms with van der Waals surface area (Å²) in [5.74, 6) is 1.15. The molecule has 1 aliphatic rings. The van der Waals surface area contributed by atoms with Gasteiger partial charge in [0, 0.05) is 15.8 Å². The zero-order chi connectivity index (χ0) is 26.9. The minimum atomic E-state index is -0.227. The second-order valence-corrected chi connectivity index (χ2v) is 12.1. The molecule has 0 unspecified atom stereocenters. The predicted molar refractivity (Wildman–Crippen MR) is 155 cm³/mol. The first-order chi connectivity index (χ1) is 18.3. The number of nitriles is 1. The first-order valence-electron chi connectivity index (χ1n) is 13.3. The average Bonchev–Trinajstić information content (AvgIpc) is 3.27. The van der Waals surface area contributed by atoms with E-state index in [9.17, 15) is 10.1 Å². The Balaban J connectivity index is 1.48. The summed E-state index contributed by atoms with van der Waals surface area (Å²) in [6.07, 6.45) is 3.85. The third-order valence-electron chi connectivity index (χ3n) is 7.41. The van der Waals surface area contributed by atoms with Gasteiger partial charge in [0.1, 0.15) is 16.8 Å². The molecule has 4 aromatic rings. The number of pyridine rings is 1. The Kier molecular flexibility index (Phi) is 7.23. The number of thiophene rings is 1. The van der Waals surface area contributed by atoms with E-state index in [0.29, 0.717) is 28.7 Å². The monoisotopic (exact) mass is 523 g/mol. The lowest BCUT2D eigenvalue weighted by Crippen LogP contribution is -2.26. The van der Waals surface area contributed by atoms with Gasteiger partial charge in [0.2, 0.25) is 0 Å². The Morgan fingerprint density at radius 2 is 1.95 bits per heavy atom. The maximum absolute atomic E-state index is 13.7. The Bertz CT molecular complexity index is 1520. The van der Waals surface area contributed by atoms with Gasteiger partial charge in [-0.3, -0.25) is 4.79 Å². The standard InChI is InChI=1S/C32H33N3O2S/c1-5-16-37-22-13-10-20(11-14-22)28-18-25(23-8-6-7-9-27(23)34-28)30(36)35-31-26(19-33)24-15-12-21(32(2,3)4)17-29(24)38-31/h6-11,13-14,18,21H,5,12,15-17H2,1-4H3,(H,35,36)/t21-/m0/s1. The Hall–Kier alpha value is -3.69. The highest BCUT2D eigenvalue weighted by Crippen LogP contribution is 2.44. The quantitative estimate of drug-likeness (QED) is 0.278. The topological polar surface area (TPSA) is 75.0 Å². The fourth-order valence-corrected chi connectivity index (χ4v) is 6.43. The van der Waals surface area contributed by atoms with Crippen molar-refractivity contribution in [2.24, 2.45) is 11.3 Å². The van der Waals surface area contributed by atoms with Gasteiger partial charge in [-0.05, 0) is 79.0 Å². The second kappa shape index (κ2) is 10.6. The van der Waals surface area contributed by atoms with Crippen molar-refractivity contribution in [3.05, 3.63) is 76.2 Å². The smallest absolute Gasteiger partial charge is 0.257 e. The minimum Gasteiger partial charge on any atom is -0.494 e. The molecule has 1 aliphatic carbocycles. The number of benzene rings is 2. The van der Waals surface area contributed by atoms with Crippen molar-refractivity contribution >= 4 is 33.1 Å². The van der Waals surface area contributed by atoms with E-state index in [0.717, 1.165) is 59.2 Å². The molecule has 0 saturated heterocycles. The van der Waals surface area contributed by atoms with Crippen LogP contribution < -0.4 is 10.1 Å². The van der Waals surface area contributed by atoms with E-state index in [1.165, 1.54) is 4.88 Å². The van der Waals surface area contributed by atoms with Gasteiger partial charge in [-0.1, -0.05) is 45.9 Å². The number of hydrogen-bond acceptors (Lipinski definition) is 5. The van der Waals surface area contributed by atoms with Crippen LogP contribution in [0.5, 0.6) is 5.75 Å².